The summed E-state index contributed by atoms with van der Waals surface area (Å²) in [7, 11) is 1.62. The summed E-state index contributed by atoms with van der Waals surface area (Å²) in [5.41, 5.74) is 0.843. The number of anilines is 1. The van der Waals surface area contributed by atoms with E-state index in [0.29, 0.717) is 35.5 Å². The van der Waals surface area contributed by atoms with Crippen LogP contribution in [0.2, 0.25) is 0 Å². The molecule has 2 heterocycles. The zero-order valence-corrected chi connectivity index (χ0v) is 15.8. The Morgan fingerprint density at radius 2 is 2.16 bits per heavy atom. The number of amides is 2. The van der Waals surface area contributed by atoms with Crippen molar-refractivity contribution in [3.05, 3.63) is 40.7 Å². The minimum absolute atomic E-state index is 0.0354. The highest BCUT2D eigenvalue weighted by molar-refractivity contribution is 7.18. The SMILES string of the molecule is COCCN(CC(C)C)C(=O)c1sc(NC(=O)c2ccco2)cc1C. The normalized spacial score (nSPS) is 10.9. The van der Waals surface area contributed by atoms with Crippen LogP contribution in [0.15, 0.2) is 28.9 Å². The first-order valence-electron chi connectivity index (χ1n) is 8.15. The molecule has 25 heavy (non-hydrogen) atoms. The van der Waals surface area contributed by atoms with Gasteiger partial charge in [-0.25, -0.2) is 0 Å². The molecule has 6 nitrogen and oxygen atoms in total. The van der Waals surface area contributed by atoms with Gasteiger partial charge < -0.3 is 19.4 Å². The lowest BCUT2D eigenvalue weighted by atomic mass is 10.2. The standard InChI is InChI=1S/C18H24N2O4S/c1-12(2)11-20(7-9-23-4)18(22)16-13(3)10-15(25-16)19-17(21)14-6-5-8-24-14/h5-6,8,10,12H,7,9,11H2,1-4H3,(H,19,21). The highest BCUT2D eigenvalue weighted by Crippen LogP contribution is 2.28. The second kappa shape index (κ2) is 8.82. The monoisotopic (exact) mass is 364 g/mol. The third-order valence-corrected chi connectivity index (χ3v) is 4.67. The summed E-state index contributed by atoms with van der Waals surface area (Å²) in [6, 6.07) is 5.06. The van der Waals surface area contributed by atoms with Gasteiger partial charge in [0.05, 0.1) is 22.7 Å². The first-order chi connectivity index (χ1) is 11.9. The molecule has 2 rings (SSSR count). The van der Waals surface area contributed by atoms with Crippen LogP contribution in [0.1, 0.15) is 39.6 Å². The molecule has 0 atom stereocenters. The molecule has 0 aromatic carbocycles. The molecule has 0 bridgehead atoms. The molecule has 0 unspecified atom stereocenters. The van der Waals surface area contributed by atoms with E-state index in [9.17, 15) is 9.59 Å². The molecule has 0 radical (unpaired) electrons. The molecular weight excluding hydrogens is 340 g/mol. The van der Waals surface area contributed by atoms with Gasteiger partial charge >= 0.3 is 0 Å². The van der Waals surface area contributed by atoms with Crippen molar-refractivity contribution in [2.24, 2.45) is 5.92 Å². The van der Waals surface area contributed by atoms with Crippen molar-refractivity contribution in [2.75, 3.05) is 32.1 Å². The first-order valence-corrected chi connectivity index (χ1v) is 8.97. The van der Waals surface area contributed by atoms with Crippen LogP contribution >= 0.6 is 11.3 Å². The molecule has 7 heteroatoms. The summed E-state index contributed by atoms with van der Waals surface area (Å²) in [6.07, 6.45) is 1.45. The Kier molecular flexibility index (Phi) is 6.78. The van der Waals surface area contributed by atoms with E-state index in [4.69, 9.17) is 9.15 Å². The molecule has 1 N–H and O–H groups in total. The number of furan rings is 1. The topological polar surface area (TPSA) is 71.8 Å². The summed E-state index contributed by atoms with van der Waals surface area (Å²) < 4.78 is 10.2. The van der Waals surface area contributed by atoms with E-state index >= 15 is 0 Å². The molecular formula is C18H24N2O4S. The molecule has 136 valence electrons. The summed E-state index contributed by atoms with van der Waals surface area (Å²) >= 11 is 1.28. The number of carbonyl (C=O) groups excluding carboxylic acids is 2. The van der Waals surface area contributed by atoms with E-state index in [1.165, 1.54) is 17.6 Å². The number of carbonyl (C=O) groups is 2. The summed E-state index contributed by atoms with van der Waals surface area (Å²) in [5, 5.41) is 3.40. The van der Waals surface area contributed by atoms with Gasteiger partial charge in [0.15, 0.2) is 5.76 Å². The molecule has 0 spiro atoms. The highest BCUT2D eigenvalue weighted by Gasteiger charge is 2.22. The van der Waals surface area contributed by atoms with Crippen LogP contribution in [0, 0.1) is 12.8 Å². The fourth-order valence-electron chi connectivity index (χ4n) is 2.40. The molecule has 0 aliphatic rings. The van der Waals surface area contributed by atoms with Crippen molar-refractivity contribution < 1.29 is 18.7 Å². The van der Waals surface area contributed by atoms with Crippen molar-refractivity contribution in [1.82, 2.24) is 4.90 Å². The van der Waals surface area contributed by atoms with Crippen LogP contribution in [0.4, 0.5) is 5.00 Å². The predicted octanol–water partition coefficient (Wildman–Crippen LogP) is 3.65. The number of thiophene rings is 1. The second-order valence-corrected chi connectivity index (χ2v) is 7.24. The molecule has 2 amide bonds. The van der Waals surface area contributed by atoms with Gasteiger partial charge in [-0.1, -0.05) is 13.8 Å². The maximum atomic E-state index is 12.9. The zero-order valence-electron chi connectivity index (χ0n) is 15.0. The number of hydrogen-bond donors (Lipinski definition) is 1. The van der Waals surface area contributed by atoms with Gasteiger partial charge in [0.1, 0.15) is 0 Å². The number of nitrogens with one attached hydrogen (secondary N) is 1. The van der Waals surface area contributed by atoms with Crippen LogP contribution in [0.3, 0.4) is 0 Å². The number of aryl methyl sites for hydroxylation is 1. The average molecular weight is 364 g/mol. The molecule has 0 aliphatic heterocycles. The average Bonchev–Trinajstić information content (AvgIpc) is 3.20. The predicted molar refractivity (Wildman–Crippen MR) is 98.3 cm³/mol. The number of hydrogen-bond acceptors (Lipinski definition) is 5. The van der Waals surface area contributed by atoms with Gasteiger partial charge in [-0.3, -0.25) is 9.59 Å². The minimum Gasteiger partial charge on any atom is -0.459 e. The highest BCUT2D eigenvalue weighted by atomic mass is 32.1. The van der Waals surface area contributed by atoms with E-state index in [-0.39, 0.29) is 17.6 Å². The Morgan fingerprint density at radius 3 is 2.76 bits per heavy atom. The molecule has 2 aromatic heterocycles. The maximum absolute atomic E-state index is 12.9. The van der Waals surface area contributed by atoms with Crippen molar-refractivity contribution in [3.63, 3.8) is 0 Å². The lowest BCUT2D eigenvalue weighted by Crippen LogP contribution is -2.36. The zero-order chi connectivity index (χ0) is 18.4. The summed E-state index contributed by atoms with van der Waals surface area (Å²) in [4.78, 5) is 27.4. The van der Waals surface area contributed by atoms with Gasteiger partial charge in [0.25, 0.3) is 11.8 Å². The largest absolute Gasteiger partial charge is 0.459 e. The van der Waals surface area contributed by atoms with Gasteiger partial charge in [0, 0.05) is 20.2 Å². The number of ether oxygens (including phenoxy) is 1. The quantitative estimate of drug-likeness (QED) is 0.776. The number of methoxy groups -OCH3 is 1. The Hall–Kier alpha value is -2.12. The van der Waals surface area contributed by atoms with Crippen LogP contribution in [-0.4, -0.2) is 43.5 Å². The van der Waals surface area contributed by atoms with Crippen molar-refractivity contribution >= 4 is 28.2 Å². The van der Waals surface area contributed by atoms with Crippen molar-refractivity contribution in [2.45, 2.75) is 20.8 Å². The van der Waals surface area contributed by atoms with E-state index < -0.39 is 0 Å². The van der Waals surface area contributed by atoms with Gasteiger partial charge in [-0.05, 0) is 36.6 Å². The van der Waals surface area contributed by atoms with Gasteiger partial charge in [0.2, 0.25) is 0 Å². The molecule has 0 aliphatic carbocycles. The smallest absolute Gasteiger partial charge is 0.291 e. The van der Waals surface area contributed by atoms with E-state index in [0.717, 1.165) is 5.56 Å². The molecule has 0 saturated carbocycles. The molecule has 0 fully saturated rings. The Balaban J connectivity index is 2.13. The fraction of sp³-hybridized carbons (Fsp3) is 0.444. The van der Waals surface area contributed by atoms with Crippen LogP contribution in [-0.2, 0) is 4.74 Å². The maximum Gasteiger partial charge on any atom is 0.291 e. The third-order valence-electron chi connectivity index (χ3n) is 3.53. The van der Waals surface area contributed by atoms with Gasteiger partial charge in [-0.15, -0.1) is 11.3 Å². The van der Waals surface area contributed by atoms with Crippen LogP contribution < -0.4 is 5.32 Å². The lowest BCUT2D eigenvalue weighted by Gasteiger charge is -2.24. The Labute approximate surface area is 151 Å². The minimum atomic E-state index is -0.330. The van der Waals surface area contributed by atoms with E-state index in [1.807, 2.05) is 13.0 Å². The van der Waals surface area contributed by atoms with Crippen LogP contribution in [0.25, 0.3) is 0 Å². The number of rotatable bonds is 8. The van der Waals surface area contributed by atoms with E-state index in [1.54, 1.807) is 24.1 Å². The summed E-state index contributed by atoms with van der Waals surface area (Å²) in [6.45, 7) is 7.71. The summed E-state index contributed by atoms with van der Waals surface area (Å²) in [5.74, 6) is 0.232. The third kappa shape index (κ3) is 5.17. The second-order valence-electron chi connectivity index (χ2n) is 6.19. The van der Waals surface area contributed by atoms with Gasteiger partial charge in [-0.2, -0.15) is 0 Å². The Bertz CT molecular complexity index is 707. The van der Waals surface area contributed by atoms with Crippen LogP contribution in [0.5, 0.6) is 0 Å². The lowest BCUT2D eigenvalue weighted by molar-refractivity contribution is 0.0676. The molecule has 0 saturated heterocycles. The van der Waals surface area contributed by atoms with Crippen molar-refractivity contribution in [1.29, 1.82) is 0 Å². The number of nitrogens with zero attached hydrogens (tertiary/aromatic N) is 1. The van der Waals surface area contributed by atoms with Crippen molar-refractivity contribution in [3.8, 4) is 0 Å². The van der Waals surface area contributed by atoms with E-state index in [2.05, 4.69) is 19.2 Å². The fourth-order valence-corrected chi connectivity index (χ4v) is 3.43. The first kappa shape index (κ1) is 19.2. The Morgan fingerprint density at radius 1 is 1.40 bits per heavy atom. The molecule has 2 aromatic rings.